The maximum Gasteiger partial charge on any atom is 2.00 e. The van der Waals surface area contributed by atoms with Gasteiger partial charge < -0.3 is 45.6 Å². The van der Waals surface area contributed by atoms with Gasteiger partial charge in [-0.05, 0) is 0 Å². The Kier molecular flexibility index (Phi) is 10200. The molecule has 0 saturated carbocycles. The first-order valence-corrected chi connectivity index (χ1v) is 2.57. The van der Waals surface area contributed by atoms with E-state index in [0.717, 1.165) is 0 Å². The molecule has 0 aliphatic rings. The van der Waals surface area contributed by atoms with Crippen LogP contribution in [-0.2, 0) is 66.5 Å². The molecule has 0 spiro atoms. The van der Waals surface area contributed by atoms with Crippen LogP contribution in [0.5, 0.6) is 0 Å². The third-order valence-corrected chi connectivity index (χ3v) is 0. The Balaban J connectivity index is -0.00000000157. The van der Waals surface area contributed by atoms with Gasteiger partial charge in [-0.3, -0.25) is 0 Å². The molecule has 0 saturated heterocycles. The summed E-state index contributed by atoms with van der Waals surface area (Å²) in [5.41, 5.74) is 0. The van der Waals surface area contributed by atoms with Gasteiger partial charge in [-0.2, -0.15) is 31.5 Å². The van der Waals surface area contributed by atoms with Gasteiger partial charge in [0.1, 0.15) is 0 Å². The summed E-state index contributed by atoms with van der Waals surface area (Å²) in [6.45, 7) is 0.500. The summed E-state index contributed by atoms with van der Waals surface area (Å²) in [4.78, 5) is 52.5. The van der Waals surface area contributed by atoms with Crippen molar-refractivity contribution in [3.05, 3.63) is 19.9 Å². The van der Waals surface area contributed by atoms with Crippen molar-refractivity contribution in [1.82, 2.24) is 0 Å². The average Bonchev–Trinajstić information content (AvgIpc) is 2.41. The second-order valence-electron chi connectivity index (χ2n) is 0.243. The van der Waals surface area contributed by atoms with Crippen LogP contribution in [0, 0.1) is 41.4 Å². The molecule has 0 heterocycles. The first-order chi connectivity index (χ1) is 8.24. The second-order valence-corrected chi connectivity index (χ2v) is 0.379. The minimum absolute atomic E-state index is 0. The summed E-state index contributed by atoms with van der Waals surface area (Å²) in [6, 6.07) is 0. The summed E-state index contributed by atoms with van der Waals surface area (Å²) in [5.74, 6) is 0. The molecule has 0 aliphatic heterocycles. The van der Waals surface area contributed by atoms with E-state index in [1.54, 1.807) is 0 Å². The zero-order valence-corrected chi connectivity index (χ0v) is 23.0. The number of aliphatic hydroxyl groups excluding tert-OH is 1. The molecular formula is C2H20Ca2N4O16PtRhS2+2. The SMILES string of the molecule is N#N.N#N.O.O.O.O.O.O=C=O.O=O.O=O.O=S=O.O=[C-]O.S.[Ca+2].[Ca+2].[H+].[H+].[H-].[H-].[HH].[OH-].[Pt].[Rh]. The van der Waals surface area contributed by atoms with E-state index in [0.29, 0.717) is 6.47 Å². The van der Waals surface area contributed by atoms with E-state index < -0.39 is 11.6 Å². The molecule has 0 atom stereocenters. The molecule has 0 fully saturated rings. The summed E-state index contributed by atoms with van der Waals surface area (Å²) < 4.78 is 16.6. The van der Waals surface area contributed by atoms with Gasteiger partial charge in [0.05, 0.1) is 0 Å². The monoisotopic (exact) mass is 798 g/mol. The fourth-order valence-electron chi connectivity index (χ4n) is 0. The van der Waals surface area contributed by atoms with E-state index in [4.69, 9.17) is 69.3 Å². The van der Waals surface area contributed by atoms with Gasteiger partial charge in [0.15, 0.2) is 0 Å². The van der Waals surface area contributed by atoms with Crippen LogP contribution in [0.15, 0.2) is 0 Å². The molecule has 28 heavy (non-hydrogen) atoms. The van der Waals surface area contributed by atoms with Crippen molar-refractivity contribution in [2.75, 3.05) is 0 Å². The Bertz CT molecular complexity index is 233. The molecule has 0 rings (SSSR count). The minimum atomic E-state index is -0.750. The van der Waals surface area contributed by atoms with Crippen LogP contribution in [0.4, 0.5) is 0 Å². The third kappa shape index (κ3) is 41400. The van der Waals surface area contributed by atoms with Crippen LogP contribution in [0.2, 0.25) is 0 Å². The van der Waals surface area contributed by atoms with Gasteiger partial charge in [-0.1, -0.05) is 6.47 Å². The Morgan fingerprint density at radius 2 is 0.857 bits per heavy atom. The number of hydrogen-bond donors (Lipinski definition) is 1. The van der Waals surface area contributed by atoms with Gasteiger partial charge in [0.25, 0.3) is 0 Å². The van der Waals surface area contributed by atoms with Crippen LogP contribution in [-0.4, -0.2) is 134 Å². The first-order valence-electron chi connectivity index (χ1n) is 1.90. The van der Waals surface area contributed by atoms with E-state index in [1.807, 2.05) is 0 Å². The van der Waals surface area contributed by atoms with Crippen molar-refractivity contribution >= 4 is 113 Å². The van der Waals surface area contributed by atoms with Crippen LogP contribution in [0.3, 0.4) is 0 Å². The minimum Gasteiger partial charge on any atom is -1.00 e. The zero-order valence-electron chi connectivity index (χ0n) is 16.8. The van der Waals surface area contributed by atoms with Crippen molar-refractivity contribution in [1.29, 1.82) is 21.6 Å². The standard InChI is InChI=1S/CHO2.CO2.2Ca.2N2.O2S.2O2.6H2O.Pt.Rh.H2S.H2.2H/c2*2-1-3;;;2*1-2;1-3-2;2*1-2;;;;;;;;;;;;/h(H,2,3);;;;;;;;;6*1H2;;;1H2;1H;;/q-1;;2*+2;;;;;;;;;;;;;;;;2*-1/p+1. The van der Waals surface area contributed by atoms with Crippen LogP contribution < -0.4 is 0 Å². The van der Waals surface area contributed by atoms with Crippen molar-refractivity contribution < 1.29 is 108 Å². The van der Waals surface area contributed by atoms with Crippen molar-refractivity contribution in [2.45, 2.75) is 0 Å². The Morgan fingerprint density at radius 3 is 0.857 bits per heavy atom. The molecule has 26 heteroatoms. The van der Waals surface area contributed by atoms with Crippen molar-refractivity contribution in [3.8, 4) is 0 Å². The van der Waals surface area contributed by atoms with E-state index in [9.17, 15) is 0 Å². The number of hydrogen-bond acceptors (Lipinski definition) is 14. The first kappa shape index (κ1) is 193. The summed E-state index contributed by atoms with van der Waals surface area (Å²) in [7, 11) is 0. The van der Waals surface area contributed by atoms with E-state index in [-0.39, 0.29) is 176 Å². The fraction of sp³-hybridized carbons (Fsp3) is 0. The summed E-state index contributed by atoms with van der Waals surface area (Å²) in [6.07, 6.45) is 0.250. The molecule has 20 nitrogen and oxygen atoms in total. The Hall–Kier alpha value is 0.651. The molecule has 0 aromatic heterocycles. The topological polar surface area (TPSA) is 457 Å². The summed E-state index contributed by atoms with van der Waals surface area (Å²) >= 11 is -0.750. The largest absolute Gasteiger partial charge is 2.00 e. The molecule has 0 aliphatic carbocycles. The van der Waals surface area contributed by atoms with E-state index in [2.05, 4.69) is 0 Å². The van der Waals surface area contributed by atoms with Gasteiger partial charge in [-0.15, -0.1) is 0 Å². The smallest absolute Gasteiger partial charge is 1.00 e. The Labute approximate surface area is 259 Å². The molecule has 0 aromatic carbocycles. The third-order valence-electron chi connectivity index (χ3n) is 0. The van der Waals surface area contributed by atoms with Gasteiger partial charge in [-0.25, -0.2) is 0 Å². The average molecular weight is 798 g/mol. The molecule has 0 aromatic rings. The second kappa shape index (κ2) is 1470. The summed E-state index contributed by atoms with van der Waals surface area (Å²) in [5, 5.41) is 30.8. The molecule has 177 valence electrons. The van der Waals surface area contributed by atoms with Gasteiger partial charge in [0.2, 0.25) is 0 Å². The van der Waals surface area contributed by atoms with Gasteiger partial charge in [0, 0.05) is 83.4 Å². The van der Waals surface area contributed by atoms with Crippen molar-refractivity contribution in [3.63, 3.8) is 0 Å². The number of nitrogens with zero attached hydrogens (tertiary/aromatic N) is 4. The number of rotatable bonds is 0. The molecule has 0 unspecified atom stereocenters. The van der Waals surface area contributed by atoms with Crippen LogP contribution in [0.1, 0.15) is 7.13 Å². The normalized spacial score (nSPS) is 1.57. The van der Waals surface area contributed by atoms with Crippen LogP contribution >= 0.6 is 13.5 Å². The van der Waals surface area contributed by atoms with Crippen LogP contribution in [0.25, 0.3) is 0 Å². The predicted octanol–water partition coefficient (Wildman–Crippen LogP) is -5.71. The maximum absolute atomic E-state index is 8.29. The van der Waals surface area contributed by atoms with Crippen molar-refractivity contribution in [2.24, 2.45) is 0 Å². The molecule has 0 bridgehead atoms. The van der Waals surface area contributed by atoms with E-state index in [1.165, 1.54) is 0 Å². The Morgan fingerprint density at radius 1 is 0.857 bits per heavy atom. The molecule has 12 N–H and O–H groups in total. The maximum atomic E-state index is 8.29. The number of carbonyl (C=O) groups excluding carboxylic acids is 2. The molecule has 0 amide bonds. The van der Waals surface area contributed by atoms with Gasteiger partial charge >= 0.3 is 96.1 Å². The molecular weight excluding hydrogens is 778 g/mol. The zero-order chi connectivity index (χ0) is 16.1. The molecule has 1 radical (unpaired) electrons. The fourth-order valence-corrected chi connectivity index (χ4v) is 0. The predicted molar refractivity (Wildman–Crippen MR) is 91.1 cm³/mol. The van der Waals surface area contributed by atoms with E-state index >= 15 is 0 Å². The quantitative estimate of drug-likeness (QED) is 0.136.